The van der Waals surface area contributed by atoms with Gasteiger partial charge in [-0.2, -0.15) is 5.10 Å². The Balaban J connectivity index is 1.94. The fourth-order valence-corrected chi connectivity index (χ4v) is 2.28. The molecule has 1 atom stereocenters. The second-order valence-corrected chi connectivity index (χ2v) is 5.50. The molecule has 134 valence electrons. The summed E-state index contributed by atoms with van der Waals surface area (Å²) in [5, 5.41) is 6.31. The number of carbonyl (C=O) groups is 1. The van der Waals surface area contributed by atoms with Crippen LogP contribution in [0.15, 0.2) is 51.9 Å². The average Bonchev–Trinajstić information content (AvgIpc) is 3.14. The molecule has 2 aromatic heterocycles. The monoisotopic (exact) mass is 360 g/mol. The van der Waals surface area contributed by atoms with Gasteiger partial charge in [-0.25, -0.2) is 13.5 Å². The molecule has 7 nitrogen and oxygen atoms in total. The number of rotatable bonds is 4. The Morgan fingerprint density at radius 3 is 2.77 bits per heavy atom. The van der Waals surface area contributed by atoms with E-state index in [1.54, 1.807) is 12.1 Å². The molecule has 0 fully saturated rings. The number of nitrogens with zero attached hydrogens (tertiary/aromatic N) is 2. The topological polar surface area (TPSA) is 103 Å². The van der Waals surface area contributed by atoms with Gasteiger partial charge in [-0.15, -0.1) is 0 Å². The summed E-state index contributed by atoms with van der Waals surface area (Å²) in [5.74, 6) is -1.93. The molecule has 9 heteroatoms. The maximum Gasteiger partial charge on any atom is 0.290 e. The molecule has 0 saturated heterocycles. The van der Waals surface area contributed by atoms with Crippen molar-refractivity contribution in [2.75, 3.05) is 11.1 Å². The first-order valence-electron chi connectivity index (χ1n) is 7.56. The minimum absolute atomic E-state index is 0.136. The molecule has 0 aliphatic rings. The first kappa shape index (κ1) is 17.3. The third-order valence-corrected chi connectivity index (χ3v) is 3.67. The lowest BCUT2D eigenvalue weighted by atomic mass is 10.2. The fourth-order valence-electron chi connectivity index (χ4n) is 2.28. The summed E-state index contributed by atoms with van der Waals surface area (Å²) in [4.78, 5) is 24.6. The molecule has 26 heavy (non-hydrogen) atoms. The standard InChI is InChI=1S/C17H14F2N4O3/c1-9(16(24)21-13-7-10(18)4-5-11(13)19)23-17(25)12(20)8-14(22-23)15-3-2-6-26-15/h2-9H,20H2,1H3,(H,21,24). The zero-order valence-electron chi connectivity index (χ0n) is 13.6. The van der Waals surface area contributed by atoms with E-state index < -0.39 is 29.1 Å². The highest BCUT2D eigenvalue weighted by Gasteiger charge is 2.21. The maximum absolute atomic E-state index is 13.7. The van der Waals surface area contributed by atoms with Crippen molar-refractivity contribution in [2.24, 2.45) is 0 Å². The minimum Gasteiger partial charge on any atom is -0.463 e. The molecule has 3 aromatic rings. The van der Waals surface area contributed by atoms with Crippen LogP contribution in [0, 0.1) is 11.6 Å². The van der Waals surface area contributed by atoms with E-state index in [-0.39, 0.29) is 17.1 Å². The Kier molecular flexibility index (Phi) is 4.53. The highest BCUT2D eigenvalue weighted by atomic mass is 19.1. The fraction of sp³-hybridized carbons (Fsp3) is 0.118. The van der Waals surface area contributed by atoms with E-state index in [4.69, 9.17) is 10.2 Å². The first-order chi connectivity index (χ1) is 12.4. The zero-order chi connectivity index (χ0) is 18.8. The smallest absolute Gasteiger partial charge is 0.290 e. The Morgan fingerprint density at radius 1 is 1.31 bits per heavy atom. The second kappa shape index (κ2) is 6.79. The van der Waals surface area contributed by atoms with E-state index in [0.717, 1.165) is 22.9 Å². The summed E-state index contributed by atoms with van der Waals surface area (Å²) < 4.78 is 33.0. The lowest BCUT2D eigenvalue weighted by molar-refractivity contribution is -0.119. The van der Waals surface area contributed by atoms with Gasteiger partial charge in [0.15, 0.2) is 5.76 Å². The number of furan rings is 1. The van der Waals surface area contributed by atoms with E-state index >= 15 is 0 Å². The van der Waals surface area contributed by atoms with E-state index in [9.17, 15) is 18.4 Å². The SMILES string of the molecule is CC(C(=O)Nc1cc(F)ccc1F)n1nc(-c2ccco2)cc(N)c1=O. The van der Waals surface area contributed by atoms with Gasteiger partial charge in [0, 0.05) is 6.07 Å². The second-order valence-electron chi connectivity index (χ2n) is 5.50. The van der Waals surface area contributed by atoms with Crippen molar-refractivity contribution in [3.8, 4) is 11.5 Å². The van der Waals surface area contributed by atoms with Gasteiger partial charge in [-0.05, 0) is 37.3 Å². The molecular weight excluding hydrogens is 346 g/mol. The molecule has 0 aliphatic carbocycles. The normalized spacial score (nSPS) is 12.0. The van der Waals surface area contributed by atoms with E-state index in [1.165, 1.54) is 19.3 Å². The summed E-state index contributed by atoms with van der Waals surface area (Å²) in [6.07, 6.45) is 1.42. The first-order valence-corrected chi connectivity index (χ1v) is 7.56. The van der Waals surface area contributed by atoms with Crippen LogP contribution in [0.2, 0.25) is 0 Å². The van der Waals surface area contributed by atoms with Crippen LogP contribution < -0.4 is 16.6 Å². The van der Waals surface area contributed by atoms with Gasteiger partial charge in [-0.1, -0.05) is 0 Å². The van der Waals surface area contributed by atoms with Crippen molar-refractivity contribution >= 4 is 17.3 Å². The molecule has 0 spiro atoms. The summed E-state index contributed by atoms with van der Waals surface area (Å²) in [6, 6.07) is 6.08. The summed E-state index contributed by atoms with van der Waals surface area (Å²) >= 11 is 0. The van der Waals surface area contributed by atoms with Gasteiger partial charge in [0.2, 0.25) is 5.91 Å². The van der Waals surface area contributed by atoms with Crippen molar-refractivity contribution < 1.29 is 18.0 Å². The highest BCUT2D eigenvalue weighted by Crippen LogP contribution is 2.20. The summed E-state index contributed by atoms with van der Waals surface area (Å²) in [7, 11) is 0. The van der Waals surface area contributed by atoms with Crippen LogP contribution in [0.3, 0.4) is 0 Å². The predicted octanol–water partition coefficient (Wildman–Crippen LogP) is 2.56. The predicted molar refractivity (Wildman–Crippen MR) is 90.3 cm³/mol. The molecule has 1 amide bonds. The number of amides is 1. The van der Waals surface area contributed by atoms with Gasteiger partial charge in [0.25, 0.3) is 5.56 Å². The van der Waals surface area contributed by atoms with Crippen molar-refractivity contribution in [2.45, 2.75) is 13.0 Å². The molecule has 3 rings (SSSR count). The number of nitrogens with one attached hydrogen (secondary N) is 1. The zero-order valence-corrected chi connectivity index (χ0v) is 13.6. The number of aromatic nitrogens is 2. The Labute approximate surface area is 146 Å². The van der Waals surface area contributed by atoms with Crippen LogP contribution in [-0.2, 0) is 4.79 Å². The van der Waals surface area contributed by atoms with Crippen LogP contribution >= 0.6 is 0 Å². The van der Waals surface area contributed by atoms with Crippen molar-refractivity contribution in [1.82, 2.24) is 9.78 Å². The molecule has 0 bridgehead atoms. The molecular formula is C17H14F2N4O3. The summed E-state index contributed by atoms with van der Waals surface area (Å²) in [5.41, 5.74) is 4.79. The molecule has 0 radical (unpaired) electrons. The molecule has 1 aromatic carbocycles. The molecule has 1 unspecified atom stereocenters. The van der Waals surface area contributed by atoms with Crippen molar-refractivity contribution in [1.29, 1.82) is 0 Å². The van der Waals surface area contributed by atoms with Crippen molar-refractivity contribution in [3.63, 3.8) is 0 Å². The Morgan fingerprint density at radius 2 is 2.08 bits per heavy atom. The van der Waals surface area contributed by atoms with Gasteiger partial charge in [0.1, 0.15) is 29.1 Å². The number of nitrogens with two attached hydrogens (primary N) is 1. The van der Waals surface area contributed by atoms with Crippen LogP contribution in [0.25, 0.3) is 11.5 Å². The number of anilines is 2. The lowest BCUT2D eigenvalue weighted by Crippen LogP contribution is -2.34. The minimum atomic E-state index is -1.14. The molecule has 0 aliphatic heterocycles. The van der Waals surface area contributed by atoms with E-state index in [1.807, 2.05) is 0 Å². The number of halogens is 2. The van der Waals surface area contributed by atoms with E-state index in [2.05, 4.69) is 10.4 Å². The van der Waals surface area contributed by atoms with E-state index in [0.29, 0.717) is 5.76 Å². The van der Waals surface area contributed by atoms with Gasteiger partial charge >= 0.3 is 0 Å². The third-order valence-electron chi connectivity index (χ3n) is 3.67. The lowest BCUT2D eigenvalue weighted by Gasteiger charge is -2.15. The third kappa shape index (κ3) is 3.32. The molecule has 3 N–H and O–H groups in total. The Hall–Kier alpha value is -3.49. The van der Waals surface area contributed by atoms with Crippen LogP contribution in [0.4, 0.5) is 20.2 Å². The van der Waals surface area contributed by atoms with Gasteiger partial charge in [-0.3, -0.25) is 9.59 Å². The van der Waals surface area contributed by atoms with Gasteiger partial charge < -0.3 is 15.5 Å². The molecule has 0 saturated carbocycles. The largest absolute Gasteiger partial charge is 0.463 e. The number of benzene rings is 1. The highest BCUT2D eigenvalue weighted by molar-refractivity contribution is 5.93. The van der Waals surface area contributed by atoms with Crippen LogP contribution in [0.1, 0.15) is 13.0 Å². The van der Waals surface area contributed by atoms with Crippen molar-refractivity contribution in [3.05, 3.63) is 64.6 Å². The number of nitrogen functional groups attached to an aromatic ring is 1. The van der Waals surface area contributed by atoms with Gasteiger partial charge in [0.05, 0.1) is 12.0 Å². The van der Waals surface area contributed by atoms with Crippen LogP contribution in [-0.4, -0.2) is 15.7 Å². The number of carbonyl (C=O) groups excluding carboxylic acids is 1. The maximum atomic E-state index is 13.7. The quantitative estimate of drug-likeness (QED) is 0.744. The number of hydrogen-bond acceptors (Lipinski definition) is 5. The van der Waals surface area contributed by atoms with Crippen LogP contribution in [0.5, 0.6) is 0 Å². The summed E-state index contributed by atoms with van der Waals surface area (Å²) in [6.45, 7) is 1.38. The molecule has 2 heterocycles. The Bertz CT molecular complexity index is 1020. The number of hydrogen-bond donors (Lipinski definition) is 2. The average molecular weight is 360 g/mol.